The first-order valence-electron chi connectivity index (χ1n) is 8.61. The third kappa shape index (κ3) is 10.8. The summed E-state index contributed by atoms with van der Waals surface area (Å²) < 4.78 is 24.4. The molecule has 24 heavy (non-hydrogen) atoms. The van der Waals surface area contributed by atoms with Gasteiger partial charge in [0.05, 0.1) is 16.1 Å². The molecule has 0 radical (unpaired) electrons. The molecule has 8 heteroatoms. The average Bonchev–Trinajstić information content (AvgIpc) is 2.20. The van der Waals surface area contributed by atoms with Crippen molar-refractivity contribution >= 4 is 40.6 Å². The van der Waals surface area contributed by atoms with Crippen LogP contribution >= 0.6 is 8.25 Å². The molecule has 0 fully saturated rings. The molecule has 140 valence electrons. The molecule has 0 amide bonds. The lowest BCUT2D eigenvalue weighted by Gasteiger charge is -2.21. The van der Waals surface area contributed by atoms with Crippen LogP contribution in [0.3, 0.4) is 0 Å². The van der Waals surface area contributed by atoms with Crippen LogP contribution in [0.1, 0.15) is 0 Å². The molecule has 0 heterocycles. The summed E-state index contributed by atoms with van der Waals surface area (Å²) in [6.45, 7) is 26.9. The third-order valence-electron chi connectivity index (χ3n) is 2.95. The molecule has 0 aromatic heterocycles. The SMILES string of the molecule is C[Si](C)(C)/C=C(\O[P+](=O)O/C(=C\[Si](C)(C)C)[Si](C)(C)C)[Si](C)(C)C. The lowest BCUT2D eigenvalue weighted by atomic mass is 11.1. The highest BCUT2D eigenvalue weighted by molar-refractivity contribution is 7.34. The van der Waals surface area contributed by atoms with E-state index < -0.39 is 40.6 Å². The zero-order valence-corrected chi connectivity index (χ0v) is 22.7. The fourth-order valence-corrected chi connectivity index (χ4v) is 12.8. The lowest BCUT2D eigenvalue weighted by Crippen LogP contribution is -2.30. The normalized spacial score (nSPS) is 15.3. The maximum absolute atomic E-state index is 12.6. The molecule has 0 aromatic rings. The molecule has 0 saturated carbocycles. The van der Waals surface area contributed by atoms with Crippen LogP contribution in [0.25, 0.3) is 0 Å². The Morgan fingerprint density at radius 2 is 0.875 bits per heavy atom. The summed E-state index contributed by atoms with van der Waals surface area (Å²) in [6.07, 6.45) is 0. The van der Waals surface area contributed by atoms with E-state index in [0.29, 0.717) is 0 Å². The van der Waals surface area contributed by atoms with E-state index in [4.69, 9.17) is 9.05 Å². The largest absolute Gasteiger partial charge is 0.803 e. The van der Waals surface area contributed by atoms with Gasteiger partial charge in [-0.25, -0.2) is 9.05 Å². The van der Waals surface area contributed by atoms with E-state index in [-0.39, 0.29) is 0 Å². The van der Waals surface area contributed by atoms with Gasteiger partial charge in [-0.05, 0) is 0 Å². The van der Waals surface area contributed by atoms with Gasteiger partial charge in [-0.1, -0.05) is 90.0 Å². The Hall–Kier alpha value is 0.0475. The second-order valence-corrected chi connectivity index (χ2v) is 31.5. The smallest absolute Gasteiger partial charge is 0.233 e. The van der Waals surface area contributed by atoms with Crippen molar-refractivity contribution < 1.29 is 13.6 Å². The van der Waals surface area contributed by atoms with Crippen LogP contribution in [-0.2, 0) is 13.6 Å². The van der Waals surface area contributed by atoms with Gasteiger partial charge in [-0.2, -0.15) is 0 Å². The van der Waals surface area contributed by atoms with Crippen LogP contribution in [0.5, 0.6) is 0 Å². The summed E-state index contributed by atoms with van der Waals surface area (Å²) in [5.41, 5.74) is 4.48. The van der Waals surface area contributed by atoms with Crippen molar-refractivity contribution in [3.8, 4) is 0 Å². The maximum atomic E-state index is 12.6. The topological polar surface area (TPSA) is 35.5 Å². The Balaban J connectivity index is 5.48. The maximum Gasteiger partial charge on any atom is 0.803 e. The van der Waals surface area contributed by atoms with Gasteiger partial charge < -0.3 is 0 Å². The highest BCUT2D eigenvalue weighted by Crippen LogP contribution is 2.37. The summed E-state index contributed by atoms with van der Waals surface area (Å²) in [4.78, 5) is 0. The minimum Gasteiger partial charge on any atom is -0.233 e. The minimum absolute atomic E-state index is 0.922. The zero-order chi connectivity index (χ0) is 19.6. The van der Waals surface area contributed by atoms with E-state index in [1.165, 1.54) is 0 Å². The van der Waals surface area contributed by atoms with Crippen molar-refractivity contribution in [2.45, 2.75) is 78.6 Å². The third-order valence-corrected chi connectivity index (χ3v) is 10.3. The molecular formula is C16H38O3PSi4+. The predicted octanol–water partition coefficient (Wildman–Crippen LogP) is 6.95. The summed E-state index contributed by atoms with van der Waals surface area (Å²) >= 11 is 0. The molecule has 0 aliphatic heterocycles. The fraction of sp³-hybridized carbons (Fsp3) is 0.750. The summed E-state index contributed by atoms with van der Waals surface area (Å²) in [5, 5.41) is 1.84. The zero-order valence-electron chi connectivity index (χ0n) is 17.8. The Labute approximate surface area is 154 Å². The number of hydrogen-bond acceptors (Lipinski definition) is 3. The highest BCUT2D eigenvalue weighted by Gasteiger charge is 2.38. The van der Waals surface area contributed by atoms with Crippen molar-refractivity contribution in [1.29, 1.82) is 0 Å². The van der Waals surface area contributed by atoms with Gasteiger partial charge in [0.1, 0.15) is 26.9 Å². The van der Waals surface area contributed by atoms with E-state index in [0.717, 1.165) is 10.8 Å². The quantitative estimate of drug-likeness (QED) is 0.241. The van der Waals surface area contributed by atoms with E-state index in [1.54, 1.807) is 0 Å². The predicted molar refractivity (Wildman–Crippen MR) is 119 cm³/mol. The van der Waals surface area contributed by atoms with Crippen LogP contribution in [0.15, 0.2) is 22.2 Å². The molecule has 0 aliphatic rings. The summed E-state index contributed by atoms with van der Waals surface area (Å²) in [7, 11) is -8.45. The van der Waals surface area contributed by atoms with Gasteiger partial charge in [0, 0.05) is 4.57 Å². The molecule has 0 atom stereocenters. The van der Waals surface area contributed by atoms with Crippen LogP contribution < -0.4 is 0 Å². The molecular weight excluding hydrogens is 383 g/mol. The molecule has 0 unspecified atom stereocenters. The van der Waals surface area contributed by atoms with E-state index in [1.807, 2.05) is 0 Å². The first kappa shape index (κ1) is 24.0. The molecule has 0 rings (SSSR count). The van der Waals surface area contributed by atoms with Crippen molar-refractivity contribution in [2.24, 2.45) is 0 Å². The first-order chi connectivity index (χ1) is 10.3. The molecule has 0 aromatic carbocycles. The molecule has 0 bridgehead atoms. The van der Waals surface area contributed by atoms with Crippen molar-refractivity contribution in [3.63, 3.8) is 0 Å². The van der Waals surface area contributed by atoms with Gasteiger partial charge in [0.15, 0.2) is 0 Å². The van der Waals surface area contributed by atoms with Crippen molar-refractivity contribution in [1.82, 2.24) is 0 Å². The Morgan fingerprint density at radius 1 is 0.625 bits per heavy atom. The summed E-state index contributed by atoms with van der Waals surface area (Å²) in [5.74, 6) is 0. The number of hydrogen-bond donors (Lipinski definition) is 0. The van der Waals surface area contributed by atoms with Crippen LogP contribution in [0.2, 0.25) is 78.6 Å². The van der Waals surface area contributed by atoms with E-state index in [9.17, 15) is 4.57 Å². The second-order valence-electron chi connectivity index (χ2n) is 10.7. The van der Waals surface area contributed by atoms with E-state index >= 15 is 0 Å². The van der Waals surface area contributed by atoms with Gasteiger partial charge in [-0.3, -0.25) is 0 Å². The molecule has 0 aliphatic carbocycles. The second kappa shape index (κ2) is 8.16. The van der Waals surface area contributed by atoms with Crippen LogP contribution in [-0.4, -0.2) is 32.3 Å². The van der Waals surface area contributed by atoms with Gasteiger partial charge in [0.2, 0.25) is 0 Å². The van der Waals surface area contributed by atoms with Crippen molar-refractivity contribution in [3.05, 3.63) is 22.2 Å². The van der Waals surface area contributed by atoms with E-state index in [2.05, 4.69) is 90.0 Å². The van der Waals surface area contributed by atoms with Gasteiger partial charge >= 0.3 is 8.25 Å². The molecule has 0 N–H and O–H groups in total. The number of rotatable bonds is 8. The van der Waals surface area contributed by atoms with Crippen LogP contribution in [0.4, 0.5) is 0 Å². The minimum atomic E-state index is -2.17. The molecule has 0 saturated heterocycles. The standard InChI is InChI=1S/C16H38O3PSi4/c1-21(2,3)13-15(23(7,8)9)18-20(17)19-16(24(10,11)12)14-22(4,5)6/h13-14H,1-12H3/q+1/b15-13+,16-14+. The monoisotopic (exact) mass is 421 g/mol. The lowest BCUT2D eigenvalue weighted by molar-refractivity contribution is 0.337. The Bertz CT molecular complexity index is 469. The van der Waals surface area contributed by atoms with Crippen molar-refractivity contribution in [2.75, 3.05) is 0 Å². The van der Waals surface area contributed by atoms with Gasteiger partial charge in [-0.15, -0.1) is 0 Å². The van der Waals surface area contributed by atoms with Crippen LogP contribution in [0, 0.1) is 0 Å². The highest BCUT2D eigenvalue weighted by atomic mass is 31.1. The fourth-order valence-electron chi connectivity index (χ4n) is 1.73. The summed E-state index contributed by atoms with van der Waals surface area (Å²) in [6, 6.07) is 0. The Morgan fingerprint density at radius 3 is 1.04 bits per heavy atom. The van der Waals surface area contributed by atoms with Gasteiger partial charge in [0.25, 0.3) is 0 Å². The Kier molecular flexibility index (Phi) is 8.18. The first-order valence-corrected chi connectivity index (χ1v) is 23.9. The molecule has 0 spiro atoms. The average molecular weight is 422 g/mol. The molecule has 3 nitrogen and oxygen atoms in total.